The third-order valence-electron chi connectivity index (χ3n) is 1.70. The molecule has 1 atom stereocenters. The molecule has 0 unspecified atom stereocenters. The fourth-order valence-electron chi connectivity index (χ4n) is 1.26. The standard InChI is InChI=1S/C8H17NO4S/c1-8(2,3)6-14(11,12)9-4-7(10)5-13-9/h7,10H,4-6H2,1-3H3/t7-/m0/s1. The summed E-state index contributed by atoms with van der Waals surface area (Å²) >= 11 is 0. The van der Waals surface area contributed by atoms with Gasteiger partial charge in [0.25, 0.3) is 0 Å². The Kier molecular flexibility index (Phi) is 3.20. The van der Waals surface area contributed by atoms with Crippen LogP contribution in [0.3, 0.4) is 0 Å². The van der Waals surface area contributed by atoms with Crippen LogP contribution in [0.15, 0.2) is 0 Å². The van der Waals surface area contributed by atoms with Crippen molar-refractivity contribution < 1.29 is 18.4 Å². The van der Waals surface area contributed by atoms with Crippen LogP contribution in [0, 0.1) is 5.41 Å². The SMILES string of the molecule is CC(C)(C)CS(=O)(=O)N1C[C@H](O)CO1. The van der Waals surface area contributed by atoms with E-state index in [9.17, 15) is 8.42 Å². The van der Waals surface area contributed by atoms with Gasteiger partial charge in [-0.15, -0.1) is 0 Å². The van der Waals surface area contributed by atoms with Gasteiger partial charge in [-0.05, 0) is 5.41 Å². The topological polar surface area (TPSA) is 66.8 Å². The number of aliphatic hydroxyl groups is 1. The van der Waals surface area contributed by atoms with Gasteiger partial charge >= 0.3 is 0 Å². The van der Waals surface area contributed by atoms with Crippen LogP contribution in [-0.2, 0) is 14.9 Å². The maximum atomic E-state index is 11.7. The Morgan fingerprint density at radius 3 is 2.43 bits per heavy atom. The van der Waals surface area contributed by atoms with Crippen molar-refractivity contribution in [2.24, 2.45) is 5.41 Å². The lowest BCUT2D eigenvalue weighted by Crippen LogP contribution is -2.35. The molecule has 0 spiro atoms. The molecule has 14 heavy (non-hydrogen) atoms. The molecule has 0 bridgehead atoms. The first-order valence-electron chi connectivity index (χ1n) is 4.52. The predicted molar refractivity (Wildman–Crippen MR) is 51.9 cm³/mol. The number of hydrogen-bond acceptors (Lipinski definition) is 4. The zero-order valence-electron chi connectivity index (χ0n) is 8.73. The number of β-amino-alcohol motifs (C(OH)–C–C–N with tert-alkyl or cyclic N) is 1. The van der Waals surface area contributed by atoms with Crippen molar-refractivity contribution in [1.82, 2.24) is 4.47 Å². The maximum Gasteiger partial charge on any atom is 0.236 e. The Hall–Kier alpha value is -0.170. The van der Waals surface area contributed by atoms with E-state index >= 15 is 0 Å². The number of nitrogens with zero attached hydrogens (tertiary/aromatic N) is 1. The van der Waals surface area contributed by atoms with E-state index in [0.29, 0.717) is 0 Å². The van der Waals surface area contributed by atoms with Gasteiger partial charge in [0.1, 0.15) is 0 Å². The largest absolute Gasteiger partial charge is 0.389 e. The van der Waals surface area contributed by atoms with E-state index in [1.54, 1.807) is 0 Å². The van der Waals surface area contributed by atoms with Crippen LogP contribution < -0.4 is 0 Å². The number of hydrogen-bond donors (Lipinski definition) is 1. The number of rotatable bonds is 2. The Morgan fingerprint density at radius 1 is 1.50 bits per heavy atom. The van der Waals surface area contributed by atoms with Crippen LogP contribution in [-0.4, -0.2) is 43.0 Å². The maximum absolute atomic E-state index is 11.7. The van der Waals surface area contributed by atoms with Crippen LogP contribution in [0.2, 0.25) is 0 Å². The Bertz CT molecular complexity index is 293. The first kappa shape index (κ1) is 11.9. The Labute approximate surface area is 84.7 Å². The van der Waals surface area contributed by atoms with Crippen LogP contribution in [0.25, 0.3) is 0 Å². The average Bonchev–Trinajstić information content (AvgIpc) is 2.29. The van der Waals surface area contributed by atoms with Gasteiger partial charge in [-0.2, -0.15) is 0 Å². The van der Waals surface area contributed by atoms with Gasteiger partial charge < -0.3 is 5.11 Å². The first-order valence-corrected chi connectivity index (χ1v) is 6.13. The second-order valence-electron chi connectivity index (χ2n) is 4.75. The van der Waals surface area contributed by atoms with Crippen molar-refractivity contribution in [3.63, 3.8) is 0 Å². The van der Waals surface area contributed by atoms with Gasteiger partial charge in [0.05, 0.1) is 25.0 Å². The highest BCUT2D eigenvalue weighted by Gasteiger charge is 2.34. The molecule has 0 aliphatic carbocycles. The van der Waals surface area contributed by atoms with Crippen molar-refractivity contribution in [1.29, 1.82) is 0 Å². The molecule has 0 aromatic rings. The van der Waals surface area contributed by atoms with E-state index in [0.717, 1.165) is 4.47 Å². The van der Waals surface area contributed by atoms with E-state index in [2.05, 4.69) is 0 Å². The average molecular weight is 223 g/mol. The predicted octanol–water partition coefficient (Wildman–Crippen LogP) is -0.0296. The molecular weight excluding hydrogens is 206 g/mol. The van der Waals surface area contributed by atoms with Crippen molar-refractivity contribution in [3.05, 3.63) is 0 Å². The van der Waals surface area contributed by atoms with E-state index in [4.69, 9.17) is 9.94 Å². The summed E-state index contributed by atoms with van der Waals surface area (Å²) in [6, 6.07) is 0. The van der Waals surface area contributed by atoms with Gasteiger partial charge in [-0.3, -0.25) is 4.84 Å². The molecule has 5 nitrogen and oxygen atoms in total. The molecule has 0 aromatic carbocycles. The second-order valence-corrected chi connectivity index (χ2v) is 6.61. The molecule has 0 radical (unpaired) electrons. The summed E-state index contributed by atoms with van der Waals surface area (Å²) < 4.78 is 24.3. The van der Waals surface area contributed by atoms with Crippen LogP contribution in [0.1, 0.15) is 20.8 Å². The highest BCUT2D eigenvalue weighted by Crippen LogP contribution is 2.21. The van der Waals surface area contributed by atoms with Crippen molar-refractivity contribution >= 4 is 10.0 Å². The van der Waals surface area contributed by atoms with Crippen LogP contribution in [0.5, 0.6) is 0 Å². The lowest BCUT2D eigenvalue weighted by atomic mass is 10.0. The normalized spacial score (nSPS) is 25.6. The van der Waals surface area contributed by atoms with Gasteiger partial charge in [0, 0.05) is 0 Å². The zero-order valence-corrected chi connectivity index (χ0v) is 9.54. The Balaban J connectivity index is 2.67. The molecule has 1 aliphatic heterocycles. The number of hydroxylamine groups is 1. The molecule has 1 fully saturated rings. The summed E-state index contributed by atoms with van der Waals surface area (Å²) in [7, 11) is -3.40. The van der Waals surface area contributed by atoms with E-state index in [-0.39, 0.29) is 24.3 Å². The molecule has 0 amide bonds. The molecule has 1 heterocycles. The quantitative estimate of drug-likeness (QED) is 0.714. The van der Waals surface area contributed by atoms with E-state index < -0.39 is 16.1 Å². The zero-order chi connectivity index (χ0) is 11.0. The molecule has 0 saturated carbocycles. The highest BCUT2D eigenvalue weighted by atomic mass is 32.2. The fourth-order valence-corrected chi connectivity index (χ4v) is 3.12. The van der Waals surface area contributed by atoms with Crippen LogP contribution in [0.4, 0.5) is 0 Å². The summed E-state index contributed by atoms with van der Waals surface area (Å²) in [5, 5.41) is 9.13. The summed E-state index contributed by atoms with van der Waals surface area (Å²) in [5.41, 5.74) is -0.310. The van der Waals surface area contributed by atoms with E-state index in [1.165, 1.54) is 0 Å². The summed E-state index contributed by atoms with van der Waals surface area (Å²) in [4.78, 5) is 4.87. The minimum atomic E-state index is -3.40. The van der Waals surface area contributed by atoms with Crippen molar-refractivity contribution in [3.8, 4) is 0 Å². The smallest absolute Gasteiger partial charge is 0.236 e. The van der Waals surface area contributed by atoms with Gasteiger partial charge in [0.15, 0.2) is 0 Å². The van der Waals surface area contributed by atoms with Crippen LogP contribution >= 0.6 is 0 Å². The van der Waals surface area contributed by atoms with Crippen molar-refractivity contribution in [2.45, 2.75) is 26.9 Å². The third-order valence-corrected chi connectivity index (χ3v) is 3.80. The number of aliphatic hydroxyl groups excluding tert-OH is 1. The second kappa shape index (κ2) is 3.77. The molecule has 6 heteroatoms. The number of sulfonamides is 1. The molecular formula is C8H17NO4S. The van der Waals surface area contributed by atoms with Gasteiger partial charge in [0.2, 0.25) is 10.0 Å². The molecule has 1 saturated heterocycles. The Morgan fingerprint density at radius 2 is 2.07 bits per heavy atom. The minimum Gasteiger partial charge on any atom is -0.389 e. The first-order chi connectivity index (χ1) is 6.21. The summed E-state index contributed by atoms with van der Waals surface area (Å²) in [6.07, 6.45) is -0.704. The lowest BCUT2D eigenvalue weighted by molar-refractivity contribution is -0.0322. The molecule has 1 N–H and O–H groups in total. The molecule has 1 rings (SSSR count). The third kappa shape index (κ3) is 3.20. The lowest BCUT2D eigenvalue weighted by Gasteiger charge is -2.21. The fraction of sp³-hybridized carbons (Fsp3) is 1.00. The highest BCUT2D eigenvalue weighted by molar-refractivity contribution is 7.89. The van der Waals surface area contributed by atoms with E-state index in [1.807, 2.05) is 20.8 Å². The monoisotopic (exact) mass is 223 g/mol. The molecule has 1 aliphatic rings. The summed E-state index contributed by atoms with van der Waals surface area (Å²) in [6.45, 7) is 5.63. The van der Waals surface area contributed by atoms with Gasteiger partial charge in [-0.1, -0.05) is 25.2 Å². The minimum absolute atomic E-state index is 0.0206. The van der Waals surface area contributed by atoms with Crippen molar-refractivity contribution in [2.75, 3.05) is 18.9 Å². The molecule has 84 valence electrons. The van der Waals surface area contributed by atoms with Gasteiger partial charge in [-0.25, -0.2) is 8.42 Å². The summed E-state index contributed by atoms with van der Waals surface area (Å²) in [5.74, 6) is 0.0206. The molecule has 0 aromatic heterocycles.